The summed E-state index contributed by atoms with van der Waals surface area (Å²) < 4.78 is 9.98. The van der Waals surface area contributed by atoms with E-state index in [1.54, 1.807) is 45.5 Å². The van der Waals surface area contributed by atoms with Crippen LogP contribution in [0.4, 0.5) is 11.5 Å². The van der Waals surface area contributed by atoms with Crippen molar-refractivity contribution in [2.45, 2.75) is 0 Å². The number of carbonyl (C=O) groups is 1. The van der Waals surface area contributed by atoms with Gasteiger partial charge in [-0.25, -0.2) is 9.61 Å². The highest BCUT2D eigenvalue weighted by atomic mass is 16.6. The van der Waals surface area contributed by atoms with Crippen molar-refractivity contribution in [2.24, 2.45) is 0 Å². The number of carbonyl (C=O) groups excluding carboxylic acids is 1. The predicted molar refractivity (Wildman–Crippen MR) is 83.9 cm³/mol. The largest absolute Gasteiger partial charge is 0.494 e. The summed E-state index contributed by atoms with van der Waals surface area (Å²) in [5, 5.41) is 10.8. The third kappa shape index (κ3) is 2.78. The number of pyridine rings is 1. The maximum atomic E-state index is 11.8. The SMILES string of the molecule is COc1ccc(Nc2ccc(C(=O)N(C)C)cn2)c2nonc12. The second kappa shape index (κ2) is 5.91. The van der Waals surface area contributed by atoms with Gasteiger partial charge in [-0.1, -0.05) is 0 Å². The molecule has 1 amide bonds. The summed E-state index contributed by atoms with van der Waals surface area (Å²) in [7, 11) is 4.94. The van der Waals surface area contributed by atoms with Crippen molar-refractivity contribution in [1.82, 2.24) is 20.2 Å². The van der Waals surface area contributed by atoms with Gasteiger partial charge >= 0.3 is 0 Å². The van der Waals surface area contributed by atoms with E-state index in [2.05, 4.69) is 20.6 Å². The molecule has 0 radical (unpaired) electrons. The molecule has 0 bridgehead atoms. The maximum Gasteiger partial charge on any atom is 0.254 e. The number of methoxy groups -OCH3 is 1. The summed E-state index contributed by atoms with van der Waals surface area (Å²) in [6.07, 6.45) is 1.52. The first kappa shape index (κ1) is 14.8. The van der Waals surface area contributed by atoms with E-state index in [0.29, 0.717) is 33.9 Å². The second-order valence-electron chi connectivity index (χ2n) is 5.03. The monoisotopic (exact) mass is 313 g/mol. The molecular formula is C15H15N5O3. The van der Waals surface area contributed by atoms with Crippen molar-refractivity contribution in [3.8, 4) is 5.75 Å². The lowest BCUT2D eigenvalue weighted by atomic mass is 10.2. The Kier molecular flexibility index (Phi) is 3.80. The smallest absolute Gasteiger partial charge is 0.254 e. The van der Waals surface area contributed by atoms with E-state index in [9.17, 15) is 4.79 Å². The van der Waals surface area contributed by atoms with Crippen LogP contribution in [0.5, 0.6) is 5.75 Å². The number of hydrogen-bond acceptors (Lipinski definition) is 7. The maximum absolute atomic E-state index is 11.8. The molecule has 118 valence electrons. The van der Waals surface area contributed by atoms with Gasteiger partial charge in [0.2, 0.25) is 0 Å². The van der Waals surface area contributed by atoms with Crippen molar-refractivity contribution in [2.75, 3.05) is 26.5 Å². The van der Waals surface area contributed by atoms with E-state index >= 15 is 0 Å². The third-order valence-corrected chi connectivity index (χ3v) is 3.28. The molecule has 0 fully saturated rings. The van der Waals surface area contributed by atoms with Crippen molar-refractivity contribution >= 4 is 28.4 Å². The summed E-state index contributed by atoms with van der Waals surface area (Å²) in [4.78, 5) is 17.6. The minimum absolute atomic E-state index is 0.100. The number of anilines is 2. The van der Waals surface area contributed by atoms with Gasteiger partial charge in [-0.05, 0) is 34.6 Å². The zero-order valence-corrected chi connectivity index (χ0v) is 12.9. The Morgan fingerprint density at radius 3 is 2.61 bits per heavy atom. The Hall–Kier alpha value is -3.16. The van der Waals surface area contributed by atoms with Gasteiger partial charge in [-0.3, -0.25) is 4.79 Å². The van der Waals surface area contributed by atoms with Gasteiger partial charge in [0, 0.05) is 20.3 Å². The zero-order valence-electron chi connectivity index (χ0n) is 12.9. The van der Waals surface area contributed by atoms with Crippen molar-refractivity contribution in [3.05, 3.63) is 36.0 Å². The summed E-state index contributed by atoms with van der Waals surface area (Å²) in [6.45, 7) is 0. The third-order valence-electron chi connectivity index (χ3n) is 3.28. The fourth-order valence-electron chi connectivity index (χ4n) is 2.10. The molecule has 8 heteroatoms. The molecule has 0 saturated heterocycles. The summed E-state index contributed by atoms with van der Waals surface area (Å²) in [5.74, 6) is 1.05. The number of aromatic nitrogens is 3. The first-order valence-electron chi connectivity index (χ1n) is 6.84. The number of ether oxygens (including phenoxy) is 1. The fraction of sp³-hybridized carbons (Fsp3) is 0.200. The van der Waals surface area contributed by atoms with Crippen LogP contribution in [0.2, 0.25) is 0 Å². The molecule has 0 spiro atoms. The number of hydrogen-bond donors (Lipinski definition) is 1. The molecule has 2 aromatic heterocycles. The molecular weight excluding hydrogens is 298 g/mol. The van der Waals surface area contributed by atoms with E-state index in [0.717, 1.165) is 0 Å². The van der Waals surface area contributed by atoms with E-state index in [1.165, 1.54) is 11.1 Å². The Balaban J connectivity index is 1.88. The van der Waals surface area contributed by atoms with Crippen LogP contribution in [-0.2, 0) is 0 Å². The highest BCUT2D eigenvalue weighted by Crippen LogP contribution is 2.30. The van der Waals surface area contributed by atoms with Crippen molar-refractivity contribution in [3.63, 3.8) is 0 Å². The van der Waals surface area contributed by atoms with Crippen LogP contribution in [0.3, 0.4) is 0 Å². The number of nitrogens with one attached hydrogen (secondary N) is 1. The number of benzene rings is 1. The summed E-state index contributed by atoms with van der Waals surface area (Å²) in [6, 6.07) is 6.99. The Morgan fingerprint density at radius 1 is 1.17 bits per heavy atom. The summed E-state index contributed by atoms with van der Waals surface area (Å²) in [5.41, 5.74) is 2.27. The van der Waals surface area contributed by atoms with E-state index in [4.69, 9.17) is 9.37 Å². The van der Waals surface area contributed by atoms with Crippen LogP contribution < -0.4 is 10.1 Å². The van der Waals surface area contributed by atoms with E-state index < -0.39 is 0 Å². The van der Waals surface area contributed by atoms with Gasteiger partial charge in [-0.15, -0.1) is 0 Å². The highest BCUT2D eigenvalue weighted by molar-refractivity contribution is 5.94. The molecule has 2 heterocycles. The molecule has 0 aliphatic carbocycles. The van der Waals surface area contributed by atoms with Gasteiger partial charge in [0.05, 0.1) is 18.4 Å². The van der Waals surface area contributed by atoms with Gasteiger partial charge in [0.1, 0.15) is 5.82 Å². The Labute approximate surface area is 132 Å². The number of rotatable bonds is 4. The second-order valence-corrected chi connectivity index (χ2v) is 5.03. The first-order chi connectivity index (χ1) is 11.1. The molecule has 1 aromatic carbocycles. The van der Waals surface area contributed by atoms with Crippen LogP contribution in [0.15, 0.2) is 35.1 Å². The van der Waals surface area contributed by atoms with E-state index in [-0.39, 0.29) is 5.91 Å². The predicted octanol–water partition coefficient (Wildman–Crippen LogP) is 2.07. The minimum Gasteiger partial charge on any atom is -0.494 e. The zero-order chi connectivity index (χ0) is 16.4. The quantitative estimate of drug-likeness (QED) is 0.788. The number of amides is 1. The lowest BCUT2D eigenvalue weighted by Crippen LogP contribution is -2.21. The van der Waals surface area contributed by atoms with Crippen LogP contribution in [0, 0.1) is 0 Å². The van der Waals surface area contributed by atoms with Crippen molar-refractivity contribution < 1.29 is 14.2 Å². The molecule has 8 nitrogen and oxygen atoms in total. The average molecular weight is 313 g/mol. The molecule has 3 rings (SSSR count). The van der Waals surface area contributed by atoms with Gasteiger partial charge in [0.15, 0.2) is 16.8 Å². The van der Waals surface area contributed by atoms with Crippen LogP contribution in [0.1, 0.15) is 10.4 Å². The van der Waals surface area contributed by atoms with Crippen molar-refractivity contribution in [1.29, 1.82) is 0 Å². The molecule has 1 N–H and O–H groups in total. The Morgan fingerprint density at radius 2 is 1.96 bits per heavy atom. The van der Waals surface area contributed by atoms with Crippen LogP contribution in [-0.4, -0.2) is 47.3 Å². The lowest BCUT2D eigenvalue weighted by molar-refractivity contribution is 0.0827. The average Bonchev–Trinajstić information content (AvgIpc) is 3.05. The lowest BCUT2D eigenvalue weighted by Gasteiger charge is -2.11. The minimum atomic E-state index is -0.100. The van der Waals surface area contributed by atoms with Gasteiger partial charge < -0.3 is 15.0 Å². The molecule has 0 atom stereocenters. The summed E-state index contributed by atoms with van der Waals surface area (Å²) >= 11 is 0. The topological polar surface area (TPSA) is 93.4 Å². The molecule has 3 aromatic rings. The van der Waals surface area contributed by atoms with Crippen LogP contribution in [0.25, 0.3) is 11.0 Å². The van der Waals surface area contributed by atoms with E-state index in [1.807, 2.05) is 0 Å². The molecule has 0 aliphatic heterocycles. The number of nitrogens with zero attached hydrogens (tertiary/aromatic N) is 4. The Bertz CT molecular complexity index is 842. The molecule has 23 heavy (non-hydrogen) atoms. The molecule has 0 saturated carbocycles. The normalized spacial score (nSPS) is 10.6. The molecule has 0 aliphatic rings. The van der Waals surface area contributed by atoms with Gasteiger partial charge in [0.25, 0.3) is 5.91 Å². The van der Waals surface area contributed by atoms with Crippen LogP contribution >= 0.6 is 0 Å². The fourth-order valence-corrected chi connectivity index (χ4v) is 2.10. The van der Waals surface area contributed by atoms with Gasteiger partial charge in [-0.2, -0.15) is 0 Å². The standard InChI is InChI=1S/C15H15N5O3/c1-20(2)15(21)9-4-7-12(16-8-9)17-10-5-6-11(22-3)14-13(10)18-23-19-14/h4-8H,1-3H3,(H,16,17). The molecule has 0 unspecified atom stereocenters. The first-order valence-corrected chi connectivity index (χ1v) is 6.84. The highest BCUT2D eigenvalue weighted by Gasteiger charge is 2.13. The number of fused-ring (bicyclic) bond motifs is 1.